The zero-order chi connectivity index (χ0) is 15.2. The number of nitrogens with zero attached hydrogens (tertiary/aromatic N) is 1. The van der Waals surface area contributed by atoms with Gasteiger partial charge in [0.1, 0.15) is 5.82 Å². The molecule has 1 aromatic carbocycles. The summed E-state index contributed by atoms with van der Waals surface area (Å²) in [4.78, 5) is 2.23. The predicted molar refractivity (Wildman–Crippen MR) is 80.0 cm³/mol. The molecule has 0 aliphatic carbocycles. The molecule has 1 saturated heterocycles. The molecule has 114 valence electrons. The van der Waals surface area contributed by atoms with Crippen LogP contribution in [0.3, 0.4) is 0 Å². The van der Waals surface area contributed by atoms with Gasteiger partial charge in [-0.1, -0.05) is 11.8 Å². The zero-order valence-electron chi connectivity index (χ0n) is 12.3. The van der Waals surface area contributed by atoms with Crippen molar-refractivity contribution in [2.24, 2.45) is 5.92 Å². The monoisotopic (exact) mass is 291 g/mol. The van der Waals surface area contributed by atoms with Crippen LogP contribution in [0.1, 0.15) is 30.9 Å². The van der Waals surface area contributed by atoms with Crippen molar-refractivity contribution in [1.29, 1.82) is 0 Å². The number of rotatable bonds is 4. The summed E-state index contributed by atoms with van der Waals surface area (Å²) in [6.45, 7) is 4.29. The fraction of sp³-hybridized carbons (Fsp3) is 0.529. The van der Waals surface area contributed by atoms with Crippen molar-refractivity contribution in [3.05, 3.63) is 35.1 Å². The van der Waals surface area contributed by atoms with E-state index in [1.165, 1.54) is 12.1 Å². The van der Waals surface area contributed by atoms with Crippen LogP contribution >= 0.6 is 0 Å². The van der Waals surface area contributed by atoms with Crippen molar-refractivity contribution in [2.45, 2.75) is 32.4 Å². The van der Waals surface area contributed by atoms with Crippen LogP contribution in [0, 0.1) is 23.6 Å². The molecule has 1 aliphatic heterocycles. The molecule has 2 rings (SSSR count). The summed E-state index contributed by atoms with van der Waals surface area (Å²) in [5.41, 5.74) is 1.54. The quantitative estimate of drug-likeness (QED) is 0.831. The van der Waals surface area contributed by atoms with Crippen LogP contribution in [0.25, 0.3) is 0 Å². The van der Waals surface area contributed by atoms with Gasteiger partial charge < -0.3 is 10.2 Å². The number of hydrogen-bond donors (Lipinski definition) is 2. The van der Waals surface area contributed by atoms with Crippen LogP contribution < -0.4 is 0 Å². The van der Waals surface area contributed by atoms with E-state index in [1.54, 1.807) is 0 Å². The fourth-order valence-electron chi connectivity index (χ4n) is 2.69. The molecule has 0 bridgehead atoms. The van der Waals surface area contributed by atoms with E-state index in [2.05, 4.69) is 16.7 Å². The van der Waals surface area contributed by atoms with Crippen molar-refractivity contribution in [1.82, 2.24) is 4.90 Å². The molecule has 1 heterocycles. The topological polar surface area (TPSA) is 43.7 Å². The van der Waals surface area contributed by atoms with Gasteiger partial charge in [-0.25, -0.2) is 4.39 Å². The van der Waals surface area contributed by atoms with Gasteiger partial charge in [0.15, 0.2) is 0 Å². The third-order valence-corrected chi connectivity index (χ3v) is 3.82. The van der Waals surface area contributed by atoms with Gasteiger partial charge in [-0.2, -0.15) is 0 Å². The van der Waals surface area contributed by atoms with Crippen LogP contribution in [0.2, 0.25) is 0 Å². The number of aliphatic hydroxyl groups is 2. The molecule has 1 fully saturated rings. The number of aliphatic hydroxyl groups excluding tert-OH is 2. The summed E-state index contributed by atoms with van der Waals surface area (Å²) in [6.07, 6.45) is 1.09. The summed E-state index contributed by atoms with van der Waals surface area (Å²) < 4.78 is 13.6. The number of halogens is 1. The van der Waals surface area contributed by atoms with Crippen molar-refractivity contribution in [3.8, 4) is 11.8 Å². The summed E-state index contributed by atoms with van der Waals surface area (Å²) in [5.74, 6) is 5.70. The third kappa shape index (κ3) is 4.82. The standard InChI is InChI=1S/C17H22FNO2/c1-13(21)16-5-6-19(12-16)11-15-8-14(4-2-3-7-20)9-17(18)10-15/h8-10,13,16,20-21H,3,5-7,11-12H2,1H3. The molecular formula is C17H22FNO2. The summed E-state index contributed by atoms with van der Waals surface area (Å²) >= 11 is 0. The minimum absolute atomic E-state index is 0.0175. The summed E-state index contributed by atoms with van der Waals surface area (Å²) in [6, 6.07) is 4.84. The van der Waals surface area contributed by atoms with Gasteiger partial charge >= 0.3 is 0 Å². The Morgan fingerprint density at radius 1 is 1.43 bits per heavy atom. The second-order valence-electron chi connectivity index (χ2n) is 5.65. The maximum absolute atomic E-state index is 13.6. The Hall–Kier alpha value is -1.41. The first-order chi connectivity index (χ1) is 10.1. The van der Waals surface area contributed by atoms with E-state index >= 15 is 0 Å². The smallest absolute Gasteiger partial charge is 0.124 e. The molecule has 2 unspecified atom stereocenters. The molecule has 1 aromatic rings. The highest BCUT2D eigenvalue weighted by Gasteiger charge is 2.25. The van der Waals surface area contributed by atoms with E-state index in [1.807, 2.05) is 13.0 Å². The predicted octanol–water partition coefficient (Wildman–Crippen LogP) is 1.76. The lowest BCUT2D eigenvalue weighted by atomic mass is 10.0. The van der Waals surface area contributed by atoms with Crippen LogP contribution in [-0.2, 0) is 6.54 Å². The van der Waals surface area contributed by atoms with Gasteiger partial charge in [-0.3, -0.25) is 4.90 Å². The number of likely N-dealkylation sites (tertiary alicyclic amines) is 1. The van der Waals surface area contributed by atoms with E-state index in [4.69, 9.17) is 5.11 Å². The zero-order valence-corrected chi connectivity index (χ0v) is 12.3. The molecule has 2 atom stereocenters. The molecule has 21 heavy (non-hydrogen) atoms. The molecular weight excluding hydrogens is 269 g/mol. The van der Waals surface area contributed by atoms with Gasteiger partial charge in [-0.05, 0) is 49.6 Å². The summed E-state index contributed by atoms with van der Waals surface area (Å²) in [5, 5.41) is 18.3. The van der Waals surface area contributed by atoms with Crippen LogP contribution in [0.5, 0.6) is 0 Å². The largest absolute Gasteiger partial charge is 0.395 e. The lowest BCUT2D eigenvalue weighted by Gasteiger charge is -2.17. The van der Waals surface area contributed by atoms with Crippen LogP contribution in [0.4, 0.5) is 4.39 Å². The number of hydrogen-bond acceptors (Lipinski definition) is 3. The average molecular weight is 291 g/mol. The van der Waals surface area contributed by atoms with Crippen LogP contribution in [-0.4, -0.2) is 40.9 Å². The molecule has 1 aliphatic rings. The SMILES string of the molecule is CC(O)C1CCN(Cc2cc(F)cc(C#CCCO)c2)C1. The first kappa shape index (κ1) is 16.0. The van der Waals surface area contributed by atoms with Gasteiger partial charge in [0.05, 0.1) is 12.7 Å². The van der Waals surface area contributed by atoms with Crippen molar-refractivity contribution in [3.63, 3.8) is 0 Å². The van der Waals surface area contributed by atoms with Gasteiger partial charge in [0.25, 0.3) is 0 Å². The van der Waals surface area contributed by atoms with Crippen LogP contribution in [0.15, 0.2) is 18.2 Å². The summed E-state index contributed by atoms with van der Waals surface area (Å²) in [7, 11) is 0. The molecule has 0 spiro atoms. The Bertz CT molecular complexity index is 533. The van der Waals surface area contributed by atoms with Gasteiger partial charge in [0.2, 0.25) is 0 Å². The Balaban J connectivity index is 2.02. The minimum Gasteiger partial charge on any atom is -0.395 e. The highest BCUT2D eigenvalue weighted by atomic mass is 19.1. The van der Waals surface area contributed by atoms with Gasteiger partial charge in [-0.15, -0.1) is 0 Å². The highest BCUT2D eigenvalue weighted by Crippen LogP contribution is 2.22. The first-order valence-corrected chi connectivity index (χ1v) is 7.38. The lowest BCUT2D eigenvalue weighted by molar-refractivity contribution is 0.127. The lowest BCUT2D eigenvalue weighted by Crippen LogP contribution is -2.24. The molecule has 0 aromatic heterocycles. The fourth-order valence-corrected chi connectivity index (χ4v) is 2.69. The molecule has 4 heteroatoms. The molecule has 2 N–H and O–H groups in total. The second-order valence-corrected chi connectivity index (χ2v) is 5.65. The maximum Gasteiger partial charge on any atom is 0.124 e. The van der Waals surface area contributed by atoms with E-state index in [0.717, 1.165) is 25.1 Å². The normalized spacial score (nSPS) is 20.1. The van der Waals surface area contributed by atoms with Crippen molar-refractivity contribution < 1.29 is 14.6 Å². The molecule has 0 amide bonds. The highest BCUT2D eigenvalue weighted by molar-refractivity contribution is 5.37. The van der Waals surface area contributed by atoms with Crippen molar-refractivity contribution in [2.75, 3.05) is 19.7 Å². The first-order valence-electron chi connectivity index (χ1n) is 7.38. The average Bonchev–Trinajstić information content (AvgIpc) is 2.87. The molecule has 3 nitrogen and oxygen atoms in total. The second kappa shape index (κ2) is 7.56. The van der Waals surface area contributed by atoms with E-state index in [9.17, 15) is 9.50 Å². The van der Waals surface area contributed by atoms with E-state index in [0.29, 0.717) is 24.4 Å². The molecule has 0 saturated carbocycles. The van der Waals surface area contributed by atoms with E-state index in [-0.39, 0.29) is 18.5 Å². The minimum atomic E-state index is -0.289. The Labute approximate surface area is 125 Å². The van der Waals surface area contributed by atoms with E-state index < -0.39 is 0 Å². The number of benzene rings is 1. The Morgan fingerprint density at radius 2 is 2.24 bits per heavy atom. The third-order valence-electron chi connectivity index (χ3n) is 3.82. The Morgan fingerprint density at radius 3 is 2.90 bits per heavy atom. The molecule has 0 radical (unpaired) electrons. The maximum atomic E-state index is 13.6. The van der Waals surface area contributed by atoms with Crippen molar-refractivity contribution >= 4 is 0 Å². The Kier molecular flexibility index (Phi) is 5.75. The van der Waals surface area contributed by atoms with Gasteiger partial charge in [0, 0.05) is 25.1 Å².